The summed E-state index contributed by atoms with van der Waals surface area (Å²) in [6.07, 6.45) is 7.85. The topological polar surface area (TPSA) is 0 Å². The lowest BCUT2D eigenvalue weighted by atomic mass is 10.2. The van der Waals surface area contributed by atoms with E-state index < -0.39 is 0 Å². The van der Waals surface area contributed by atoms with Crippen LogP contribution in [0, 0.1) is 5.92 Å². The molecule has 0 nitrogen and oxygen atoms in total. The quantitative estimate of drug-likeness (QED) is 0.576. The molecule has 2 atom stereocenters. The van der Waals surface area contributed by atoms with Gasteiger partial charge < -0.3 is 0 Å². The first-order chi connectivity index (χ1) is 5.64. The van der Waals surface area contributed by atoms with Crippen molar-refractivity contribution in [3.63, 3.8) is 0 Å². The van der Waals surface area contributed by atoms with Gasteiger partial charge in [-0.3, -0.25) is 0 Å². The highest BCUT2D eigenvalue weighted by molar-refractivity contribution is 7.83. The largest absolute Gasteiger partial charge is 0.105 e. The minimum absolute atomic E-state index is 0.380. The maximum atomic E-state index is 2.65. The fraction of sp³-hybridized carbons (Fsp3) is 1.00. The molecule has 0 bridgehead atoms. The highest BCUT2D eigenvalue weighted by atomic mass is 31.2. The Morgan fingerprint density at radius 1 is 1.17 bits per heavy atom. The van der Waals surface area contributed by atoms with E-state index in [2.05, 4.69) is 20.5 Å². The fourth-order valence-corrected chi connectivity index (χ4v) is 8.81. The molecule has 1 saturated heterocycles. The summed E-state index contributed by atoms with van der Waals surface area (Å²) >= 11 is 0. The molecule has 70 valence electrons. The number of hydrogen-bond acceptors (Lipinski definition) is 0. The fourth-order valence-electron chi connectivity index (χ4n) is 3.16. The zero-order valence-corrected chi connectivity index (χ0v) is 9.61. The van der Waals surface area contributed by atoms with Crippen molar-refractivity contribution < 1.29 is 0 Å². The van der Waals surface area contributed by atoms with Gasteiger partial charge in [0.25, 0.3) is 0 Å². The molecular weight excluding hydrogens is 163 g/mol. The highest BCUT2D eigenvalue weighted by Crippen LogP contribution is 2.82. The standard InChI is InChI=1S/C11H22P/c1-9(2)11-8-12(11,3)10-6-4-5-7-10/h9-11H,4-8H2,1-3H3/q+1. The Balaban J connectivity index is 1.96. The van der Waals surface area contributed by atoms with Crippen molar-refractivity contribution >= 4 is 7.26 Å². The molecule has 0 aromatic carbocycles. The summed E-state index contributed by atoms with van der Waals surface area (Å²) < 4.78 is 0. The van der Waals surface area contributed by atoms with Crippen LogP contribution in [0.2, 0.25) is 0 Å². The van der Waals surface area contributed by atoms with Gasteiger partial charge in [-0.2, -0.15) is 0 Å². The zero-order chi connectivity index (χ0) is 8.77. The van der Waals surface area contributed by atoms with Crippen LogP contribution in [0.3, 0.4) is 0 Å². The van der Waals surface area contributed by atoms with Crippen molar-refractivity contribution in [3.8, 4) is 0 Å². The first kappa shape index (κ1) is 9.00. The van der Waals surface area contributed by atoms with Gasteiger partial charge in [0.05, 0.1) is 11.8 Å². The van der Waals surface area contributed by atoms with Crippen LogP contribution in [0.4, 0.5) is 0 Å². The van der Waals surface area contributed by atoms with Gasteiger partial charge in [0.2, 0.25) is 0 Å². The summed E-state index contributed by atoms with van der Waals surface area (Å²) in [6.45, 7) is 7.49. The Kier molecular flexibility index (Phi) is 2.24. The SMILES string of the molecule is CC(C)C1C[P+]1(C)C1CCCC1. The molecule has 1 heteroatoms. The Morgan fingerprint density at radius 2 is 1.75 bits per heavy atom. The molecule has 1 saturated carbocycles. The van der Waals surface area contributed by atoms with E-state index in [0.29, 0.717) is 0 Å². The van der Waals surface area contributed by atoms with Gasteiger partial charge in [-0.25, -0.2) is 0 Å². The van der Waals surface area contributed by atoms with E-state index in [4.69, 9.17) is 0 Å². The van der Waals surface area contributed by atoms with Crippen LogP contribution in [-0.4, -0.2) is 24.1 Å². The van der Waals surface area contributed by atoms with E-state index in [9.17, 15) is 0 Å². The Labute approximate surface area is 77.5 Å². The summed E-state index contributed by atoms with van der Waals surface area (Å²) in [7, 11) is -0.380. The number of rotatable bonds is 2. The summed E-state index contributed by atoms with van der Waals surface area (Å²) in [5.41, 5.74) is 2.37. The van der Waals surface area contributed by atoms with E-state index >= 15 is 0 Å². The van der Waals surface area contributed by atoms with Gasteiger partial charge in [0.15, 0.2) is 0 Å². The van der Waals surface area contributed by atoms with E-state index in [0.717, 1.165) is 5.92 Å². The monoisotopic (exact) mass is 185 g/mol. The molecule has 2 rings (SSSR count). The van der Waals surface area contributed by atoms with E-state index in [1.165, 1.54) is 24.2 Å². The first-order valence-corrected chi connectivity index (χ1v) is 8.05. The molecule has 1 aliphatic carbocycles. The Bertz CT molecular complexity index is 170. The molecule has 2 unspecified atom stereocenters. The lowest BCUT2D eigenvalue weighted by molar-refractivity contribution is 0.676. The van der Waals surface area contributed by atoms with Gasteiger partial charge in [0.1, 0.15) is 5.66 Å². The second kappa shape index (κ2) is 2.98. The predicted octanol–water partition coefficient (Wildman–Crippen LogP) is 3.61. The summed E-state index contributed by atoms with van der Waals surface area (Å²) in [4.78, 5) is 0. The maximum Gasteiger partial charge on any atom is 0.105 e. The number of hydrogen-bond donors (Lipinski definition) is 0. The van der Waals surface area contributed by atoms with Crippen LogP contribution < -0.4 is 0 Å². The molecular formula is C11H22P+. The van der Waals surface area contributed by atoms with Crippen LogP contribution in [0.1, 0.15) is 39.5 Å². The van der Waals surface area contributed by atoms with E-state index in [-0.39, 0.29) is 7.26 Å². The van der Waals surface area contributed by atoms with E-state index in [1.54, 1.807) is 19.0 Å². The van der Waals surface area contributed by atoms with Crippen molar-refractivity contribution in [1.29, 1.82) is 0 Å². The molecule has 0 aromatic heterocycles. The normalized spacial score (nSPS) is 42.5. The van der Waals surface area contributed by atoms with Crippen LogP contribution in [0.5, 0.6) is 0 Å². The molecule has 1 aliphatic heterocycles. The Morgan fingerprint density at radius 3 is 2.17 bits per heavy atom. The molecule has 0 N–H and O–H groups in total. The average molecular weight is 185 g/mol. The first-order valence-electron chi connectivity index (χ1n) is 5.49. The van der Waals surface area contributed by atoms with Crippen molar-refractivity contribution in [2.45, 2.75) is 50.8 Å². The predicted molar refractivity (Wildman–Crippen MR) is 58.6 cm³/mol. The lowest BCUT2D eigenvalue weighted by Crippen LogP contribution is -2.04. The molecule has 2 fully saturated rings. The third-order valence-electron chi connectivity index (χ3n) is 4.13. The summed E-state index contributed by atoms with van der Waals surface area (Å²) in [6, 6.07) is 0. The van der Waals surface area contributed by atoms with Crippen LogP contribution in [0.25, 0.3) is 0 Å². The smallest absolute Gasteiger partial charge is 0.0589 e. The zero-order valence-electron chi connectivity index (χ0n) is 8.71. The third-order valence-corrected chi connectivity index (χ3v) is 9.32. The molecule has 0 radical (unpaired) electrons. The Hall–Kier alpha value is 0.430. The van der Waals surface area contributed by atoms with Gasteiger partial charge >= 0.3 is 0 Å². The van der Waals surface area contributed by atoms with Crippen molar-refractivity contribution in [1.82, 2.24) is 0 Å². The van der Waals surface area contributed by atoms with Crippen LogP contribution in [0.15, 0.2) is 0 Å². The minimum Gasteiger partial charge on any atom is -0.0589 e. The molecule has 0 amide bonds. The van der Waals surface area contributed by atoms with Crippen molar-refractivity contribution in [3.05, 3.63) is 0 Å². The van der Waals surface area contributed by atoms with Gasteiger partial charge in [-0.15, -0.1) is 0 Å². The van der Waals surface area contributed by atoms with Crippen molar-refractivity contribution in [2.75, 3.05) is 12.8 Å². The molecule has 0 aromatic rings. The third kappa shape index (κ3) is 1.33. The molecule has 12 heavy (non-hydrogen) atoms. The van der Waals surface area contributed by atoms with Gasteiger partial charge in [0, 0.05) is 13.9 Å². The highest BCUT2D eigenvalue weighted by Gasteiger charge is 2.64. The molecule has 1 heterocycles. The summed E-state index contributed by atoms with van der Waals surface area (Å²) in [5.74, 6) is 0.976. The maximum absolute atomic E-state index is 2.65. The van der Waals surface area contributed by atoms with Gasteiger partial charge in [-0.05, 0) is 31.6 Å². The van der Waals surface area contributed by atoms with Crippen molar-refractivity contribution in [2.24, 2.45) is 5.92 Å². The second-order valence-electron chi connectivity index (χ2n) is 5.28. The second-order valence-corrected chi connectivity index (χ2v) is 9.73. The molecule has 0 spiro atoms. The lowest BCUT2D eigenvalue weighted by Gasteiger charge is -2.13. The summed E-state index contributed by atoms with van der Waals surface area (Å²) in [5, 5.41) is 0. The molecule has 2 aliphatic rings. The van der Waals surface area contributed by atoms with E-state index in [1.807, 2.05) is 0 Å². The average Bonchev–Trinajstić information content (AvgIpc) is 2.52. The van der Waals surface area contributed by atoms with Crippen LogP contribution >= 0.6 is 7.26 Å². The van der Waals surface area contributed by atoms with Crippen LogP contribution in [-0.2, 0) is 0 Å². The minimum atomic E-state index is -0.380. The van der Waals surface area contributed by atoms with Gasteiger partial charge in [-0.1, -0.05) is 13.8 Å².